The molecule has 1 aromatic heterocycles. The summed E-state index contributed by atoms with van der Waals surface area (Å²) < 4.78 is 12.2. The minimum atomic E-state index is 0.679. The maximum Gasteiger partial charge on any atom is 0.0700 e. The highest BCUT2D eigenvalue weighted by molar-refractivity contribution is 5.15. The second-order valence-electron chi connectivity index (χ2n) is 4.37. The van der Waals surface area contributed by atoms with Crippen LogP contribution in [0, 0.1) is 6.92 Å². The molecular weight excluding hydrogens is 230 g/mol. The molecule has 0 aliphatic heterocycles. The number of methoxy groups -OCH3 is 1. The molecule has 18 heavy (non-hydrogen) atoms. The van der Waals surface area contributed by atoms with Crippen molar-refractivity contribution in [2.24, 2.45) is 7.05 Å². The summed E-state index contributed by atoms with van der Waals surface area (Å²) in [6.45, 7) is 6.19. The fourth-order valence-corrected chi connectivity index (χ4v) is 1.64. The zero-order chi connectivity index (χ0) is 13.2. The second-order valence-corrected chi connectivity index (χ2v) is 4.37. The summed E-state index contributed by atoms with van der Waals surface area (Å²) in [5.74, 6) is 0. The van der Waals surface area contributed by atoms with E-state index in [4.69, 9.17) is 9.47 Å². The van der Waals surface area contributed by atoms with Crippen LogP contribution >= 0.6 is 0 Å². The van der Waals surface area contributed by atoms with E-state index in [0.29, 0.717) is 13.2 Å². The number of aromatic nitrogens is 2. The van der Waals surface area contributed by atoms with E-state index in [0.717, 1.165) is 32.5 Å². The summed E-state index contributed by atoms with van der Waals surface area (Å²) in [5, 5.41) is 7.64. The number of hydrogen-bond donors (Lipinski definition) is 1. The molecule has 0 fully saturated rings. The van der Waals surface area contributed by atoms with Gasteiger partial charge in [0.1, 0.15) is 0 Å². The van der Waals surface area contributed by atoms with E-state index in [2.05, 4.69) is 17.3 Å². The van der Waals surface area contributed by atoms with E-state index in [1.54, 1.807) is 7.11 Å². The molecule has 104 valence electrons. The van der Waals surface area contributed by atoms with Crippen LogP contribution in [-0.2, 0) is 23.1 Å². The van der Waals surface area contributed by atoms with Crippen LogP contribution in [0.2, 0.25) is 0 Å². The van der Waals surface area contributed by atoms with Gasteiger partial charge in [0.15, 0.2) is 0 Å². The lowest BCUT2D eigenvalue weighted by Crippen LogP contribution is -2.16. The number of rotatable bonds is 10. The number of ether oxygens (including phenoxy) is 2. The van der Waals surface area contributed by atoms with Crippen molar-refractivity contribution < 1.29 is 9.47 Å². The number of nitrogens with zero attached hydrogens (tertiary/aromatic N) is 2. The molecule has 0 unspecified atom stereocenters. The Morgan fingerprint density at radius 2 is 2.11 bits per heavy atom. The summed E-state index contributed by atoms with van der Waals surface area (Å²) in [6.07, 6.45) is 4.14. The zero-order valence-corrected chi connectivity index (χ0v) is 11.7. The smallest absolute Gasteiger partial charge is 0.0700 e. The second kappa shape index (κ2) is 9.08. The van der Waals surface area contributed by atoms with Crippen LogP contribution in [0.15, 0.2) is 6.20 Å². The van der Waals surface area contributed by atoms with Crippen molar-refractivity contribution in [3.05, 3.63) is 17.5 Å². The average Bonchev–Trinajstić information content (AvgIpc) is 2.68. The van der Waals surface area contributed by atoms with Crippen molar-refractivity contribution in [1.82, 2.24) is 15.1 Å². The molecular formula is C13H25N3O2. The highest BCUT2D eigenvalue weighted by Gasteiger charge is 2.01. The van der Waals surface area contributed by atoms with Crippen molar-refractivity contribution >= 4 is 0 Å². The number of nitrogens with one attached hydrogen (secondary N) is 1. The van der Waals surface area contributed by atoms with Crippen LogP contribution in [0.4, 0.5) is 0 Å². The number of aryl methyl sites for hydroxylation is 1. The van der Waals surface area contributed by atoms with Crippen molar-refractivity contribution in [3.8, 4) is 0 Å². The van der Waals surface area contributed by atoms with Crippen LogP contribution in [0.1, 0.15) is 24.1 Å². The van der Waals surface area contributed by atoms with E-state index in [1.807, 2.05) is 17.9 Å². The first kappa shape index (κ1) is 15.1. The fraction of sp³-hybridized carbons (Fsp3) is 0.769. The third-order valence-corrected chi connectivity index (χ3v) is 2.98. The van der Waals surface area contributed by atoms with Gasteiger partial charge < -0.3 is 14.8 Å². The van der Waals surface area contributed by atoms with Gasteiger partial charge in [-0.1, -0.05) is 0 Å². The molecule has 0 atom stereocenters. The van der Waals surface area contributed by atoms with E-state index in [1.165, 1.54) is 11.3 Å². The van der Waals surface area contributed by atoms with Crippen molar-refractivity contribution in [2.75, 3.05) is 33.5 Å². The average molecular weight is 255 g/mol. The van der Waals surface area contributed by atoms with Crippen LogP contribution in [0.3, 0.4) is 0 Å². The van der Waals surface area contributed by atoms with Crippen LogP contribution in [0.5, 0.6) is 0 Å². The lowest BCUT2D eigenvalue weighted by Gasteiger charge is -2.05. The summed E-state index contributed by atoms with van der Waals surface area (Å²) in [4.78, 5) is 0. The minimum Gasteiger partial charge on any atom is -0.382 e. The third kappa shape index (κ3) is 5.62. The highest BCUT2D eigenvalue weighted by Crippen LogP contribution is 2.04. The summed E-state index contributed by atoms with van der Waals surface area (Å²) >= 11 is 0. The Morgan fingerprint density at radius 1 is 1.28 bits per heavy atom. The van der Waals surface area contributed by atoms with Gasteiger partial charge in [0.2, 0.25) is 0 Å². The Balaban J connectivity index is 1.94. The van der Waals surface area contributed by atoms with Crippen LogP contribution < -0.4 is 5.32 Å². The van der Waals surface area contributed by atoms with Gasteiger partial charge in [-0.3, -0.25) is 4.68 Å². The van der Waals surface area contributed by atoms with Crippen molar-refractivity contribution in [2.45, 2.75) is 26.3 Å². The molecule has 0 amide bonds. The first-order valence-corrected chi connectivity index (χ1v) is 6.50. The summed E-state index contributed by atoms with van der Waals surface area (Å²) in [5.41, 5.74) is 2.50. The lowest BCUT2D eigenvalue weighted by atomic mass is 10.2. The molecule has 0 saturated heterocycles. The van der Waals surface area contributed by atoms with E-state index in [9.17, 15) is 0 Å². The summed E-state index contributed by atoms with van der Waals surface area (Å²) in [6, 6.07) is 0. The van der Waals surface area contributed by atoms with Crippen LogP contribution in [-0.4, -0.2) is 43.3 Å². The number of unbranched alkanes of at least 4 members (excludes halogenated alkanes) is 1. The highest BCUT2D eigenvalue weighted by atomic mass is 16.5. The number of hydrogen-bond acceptors (Lipinski definition) is 4. The Kier molecular flexibility index (Phi) is 7.64. The van der Waals surface area contributed by atoms with Gasteiger partial charge in [-0.15, -0.1) is 0 Å². The standard InChI is InChI=1S/C13H25N3O2/c1-12-13(11-15-16(12)2)10-14-6-4-5-7-18-9-8-17-3/h11,14H,4-10H2,1-3H3. The topological polar surface area (TPSA) is 48.3 Å². The first-order chi connectivity index (χ1) is 8.75. The molecule has 0 aromatic carbocycles. The Bertz CT molecular complexity index is 326. The van der Waals surface area contributed by atoms with Gasteiger partial charge >= 0.3 is 0 Å². The summed E-state index contributed by atoms with van der Waals surface area (Å²) in [7, 11) is 3.66. The molecule has 1 aromatic rings. The van der Waals surface area contributed by atoms with Crippen molar-refractivity contribution in [3.63, 3.8) is 0 Å². The van der Waals surface area contributed by atoms with Gasteiger partial charge in [0.05, 0.1) is 19.4 Å². The zero-order valence-electron chi connectivity index (χ0n) is 11.7. The molecule has 1 rings (SSSR count). The van der Waals surface area contributed by atoms with Crippen molar-refractivity contribution in [1.29, 1.82) is 0 Å². The molecule has 5 heteroatoms. The monoisotopic (exact) mass is 255 g/mol. The molecule has 5 nitrogen and oxygen atoms in total. The Morgan fingerprint density at radius 3 is 2.78 bits per heavy atom. The molecule has 0 bridgehead atoms. The lowest BCUT2D eigenvalue weighted by molar-refractivity contribution is 0.0688. The fourth-order valence-electron chi connectivity index (χ4n) is 1.64. The molecule has 0 saturated carbocycles. The molecule has 0 radical (unpaired) electrons. The SMILES string of the molecule is COCCOCCCCNCc1cnn(C)c1C. The third-order valence-electron chi connectivity index (χ3n) is 2.98. The maximum atomic E-state index is 5.40. The Hall–Kier alpha value is -0.910. The van der Waals surface area contributed by atoms with E-state index in [-0.39, 0.29) is 0 Å². The molecule has 0 aliphatic carbocycles. The Labute approximate surface area is 109 Å². The normalized spacial score (nSPS) is 11.1. The largest absolute Gasteiger partial charge is 0.382 e. The quantitative estimate of drug-likeness (QED) is 0.640. The van der Waals surface area contributed by atoms with E-state index >= 15 is 0 Å². The molecule has 0 spiro atoms. The first-order valence-electron chi connectivity index (χ1n) is 6.50. The van der Waals surface area contributed by atoms with Gasteiger partial charge in [-0.05, 0) is 26.3 Å². The van der Waals surface area contributed by atoms with Gasteiger partial charge in [-0.2, -0.15) is 5.10 Å². The van der Waals surface area contributed by atoms with Gasteiger partial charge in [0.25, 0.3) is 0 Å². The predicted octanol–water partition coefficient (Wildman–Crippen LogP) is 1.26. The van der Waals surface area contributed by atoms with Crippen LogP contribution in [0.25, 0.3) is 0 Å². The van der Waals surface area contributed by atoms with Gasteiger partial charge in [0, 0.05) is 38.6 Å². The maximum absolute atomic E-state index is 5.40. The minimum absolute atomic E-state index is 0.679. The molecule has 1 N–H and O–H groups in total. The van der Waals surface area contributed by atoms with E-state index < -0.39 is 0 Å². The molecule has 0 aliphatic rings. The predicted molar refractivity (Wildman–Crippen MR) is 71.6 cm³/mol. The molecule has 1 heterocycles. The van der Waals surface area contributed by atoms with Gasteiger partial charge in [-0.25, -0.2) is 0 Å².